The second-order valence-corrected chi connectivity index (χ2v) is 7.34. The van der Waals surface area contributed by atoms with E-state index >= 15 is 0 Å². The number of rotatable bonds is 8. The summed E-state index contributed by atoms with van der Waals surface area (Å²) in [5, 5.41) is 3.83. The maximum absolute atomic E-state index is 12.2. The zero-order valence-electron chi connectivity index (χ0n) is 17.2. The minimum atomic E-state index is -0.758. The Bertz CT molecular complexity index is 1170. The molecule has 0 aliphatic carbocycles. The number of unbranched alkanes of at least 4 members (excludes halogenated alkanes) is 1. The van der Waals surface area contributed by atoms with E-state index in [2.05, 4.69) is 5.32 Å². The first kappa shape index (κ1) is 22.4. The van der Waals surface area contributed by atoms with Gasteiger partial charge in [-0.05, 0) is 55.3 Å². The Balaban J connectivity index is 1.67. The van der Waals surface area contributed by atoms with E-state index in [1.165, 1.54) is 12.1 Å². The molecule has 31 heavy (non-hydrogen) atoms. The minimum absolute atomic E-state index is 0.0694. The second kappa shape index (κ2) is 10.1. The molecule has 0 unspecified atom stereocenters. The molecule has 1 heterocycles. The van der Waals surface area contributed by atoms with Crippen LogP contribution in [-0.4, -0.2) is 25.0 Å². The maximum atomic E-state index is 12.2. The SMILES string of the molecule is CCCCNC(=O)c1cc2ccc(OC(=O)COc3ccc(Cl)c(C)c3)cc2oc1=O. The number of esters is 1. The van der Waals surface area contributed by atoms with E-state index in [1.54, 1.807) is 30.3 Å². The molecule has 162 valence electrons. The lowest BCUT2D eigenvalue weighted by atomic mass is 10.1. The van der Waals surface area contributed by atoms with Gasteiger partial charge in [-0.25, -0.2) is 9.59 Å². The zero-order valence-corrected chi connectivity index (χ0v) is 18.0. The highest BCUT2D eigenvalue weighted by atomic mass is 35.5. The first-order valence-electron chi connectivity index (χ1n) is 9.83. The monoisotopic (exact) mass is 443 g/mol. The molecular weight excluding hydrogens is 422 g/mol. The standard InChI is InChI=1S/C23H22ClNO6/c1-3-4-9-25-22(27)18-11-15-5-6-17(12-20(15)31-23(18)28)30-21(26)13-29-16-7-8-19(24)14(2)10-16/h5-8,10-12H,3-4,9,13H2,1-2H3,(H,25,27). The molecule has 3 aromatic rings. The van der Waals surface area contributed by atoms with Crippen LogP contribution in [0.4, 0.5) is 0 Å². The predicted molar refractivity (Wildman–Crippen MR) is 117 cm³/mol. The van der Waals surface area contributed by atoms with E-state index in [9.17, 15) is 14.4 Å². The van der Waals surface area contributed by atoms with Crippen LogP contribution in [0, 0.1) is 6.92 Å². The normalized spacial score (nSPS) is 10.7. The van der Waals surface area contributed by atoms with Crippen LogP contribution >= 0.6 is 11.6 Å². The van der Waals surface area contributed by atoms with E-state index in [0.717, 1.165) is 18.4 Å². The summed E-state index contributed by atoms with van der Waals surface area (Å²) in [7, 11) is 0. The van der Waals surface area contributed by atoms with Gasteiger partial charge in [-0.1, -0.05) is 24.9 Å². The summed E-state index contributed by atoms with van der Waals surface area (Å²) in [4.78, 5) is 36.4. The van der Waals surface area contributed by atoms with E-state index < -0.39 is 17.5 Å². The first-order valence-corrected chi connectivity index (χ1v) is 10.2. The average molecular weight is 444 g/mol. The average Bonchev–Trinajstić information content (AvgIpc) is 2.74. The fraction of sp³-hybridized carbons (Fsp3) is 0.261. The molecule has 8 heteroatoms. The van der Waals surface area contributed by atoms with Gasteiger partial charge >= 0.3 is 11.6 Å². The number of carbonyl (C=O) groups is 2. The molecule has 0 aliphatic heterocycles. The summed E-state index contributed by atoms with van der Waals surface area (Å²) >= 11 is 5.96. The number of hydrogen-bond donors (Lipinski definition) is 1. The topological polar surface area (TPSA) is 94.8 Å². The predicted octanol–water partition coefficient (Wildman–Crippen LogP) is 4.27. The molecule has 0 saturated heterocycles. The number of nitrogens with one attached hydrogen (secondary N) is 1. The molecule has 3 rings (SSSR count). The Morgan fingerprint density at radius 2 is 1.87 bits per heavy atom. The van der Waals surface area contributed by atoms with Gasteiger partial charge in [0, 0.05) is 23.0 Å². The van der Waals surface area contributed by atoms with Gasteiger partial charge in [0.25, 0.3) is 5.91 Å². The lowest BCUT2D eigenvalue weighted by molar-refractivity contribution is -0.136. The van der Waals surface area contributed by atoms with Crippen molar-refractivity contribution in [1.29, 1.82) is 0 Å². The Hall–Kier alpha value is -3.32. The molecule has 0 atom stereocenters. The smallest absolute Gasteiger partial charge is 0.349 e. The largest absolute Gasteiger partial charge is 0.482 e. The van der Waals surface area contributed by atoms with Crippen LogP contribution in [0.25, 0.3) is 11.0 Å². The highest BCUT2D eigenvalue weighted by molar-refractivity contribution is 6.31. The van der Waals surface area contributed by atoms with Crippen molar-refractivity contribution in [2.75, 3.05) is 13.2 Å². The molecule has 0 radical (unpaired) electrons. The third-order valence-corrected chi connectivity index (χ3v) is 4.91. The molecular formula is C23H22ClNO6. The molecule has 0 aliphatic rings. The number of benzene rings is 2. The quantitative estimate of drug-likeness (QED) is 0.242. The van der Waals surface area contributed by atoms with Gasteiger partial charge in [0.2, 0.25) is 0 Å². The number of carbonyl (C=O) groups excluding carboxylic acids is 2. The van der Waals surface area contributed by atoms with Crippen LogP contribution in [0.2, 0.25) is 5.02 Å². The van der Waals surface area contributed by atoms with Gasteiger partial charge < -0.3 is 19.2 Å². The van der Waals surface area contributed by atoms with Crippen LogP contribution in [0.15, 0.2) is 51.7 Å². The molecule has 7 nitrogen and oxygen atoms in total. The summed E-state index contributed by atoms with van der Waals surface area (Å²) in [6.07, 6.45) is 1.75. The van der Waals surface area contributed by atoms with E-state index in [1.807, 2.05) is 13.8 Å². The van der Waals surface area contributed by atoms with Crippen LogP contribution in [0.5, 0.6) is 11.5 Å². The van der Waals surface area contributed by atoms with Crippen molar-refractivity contribution < 1.29 is 23.5 Å². The number of ether oxygens (including phenoxy) is 2. The van der Waals surface area contributed by atoms with Crippen LogP contribution < -0.4 is 20.4 Å². The number of fused-ring (bicyclic) bond motifs is 1. The van der Waals surface area contributed by atoms with Crippen LogP contribution in [0.3, 0.4) is 0 Å². The molecule has 0 fully saturated rings. The van der Waals surface area contributed by atoms with Gasteiger partial charge in [0.1, 0.15) is 22.6 Å². The van der Waals surface area contributed by atoms with Crippen LogP contribution in [0.1, 0.15) is 35.7 Å². The van der Waals surface area contributed by atoms with E-state index in [-0.39, 0.29) is 23.5 Å². The van der Waals surface area contributed by atoms with Crippen molar-refractivity contribution in [2.45, 2.75) is 26.7 Å². The van der Waals surface area contributed by atoms with E-state index in [4.69, 9.17) is 25.5 Å². The molecule has 1 aromatic heterocycles. The van der Waals surface area contributed by atoms with Gasteiger partial charge in [-0.2, -0.15) is 0 Å². The summed E-state index contributed by atoms with van der Waals surface area (Å²) in [6.45, 7) is 4.02. The fourth-order valence-electron chi connectivity index (χ4n) is 2.80. The Labute approximate surface area is 183 Å². The lowest BCUT2D eigenvalue weighted by Crippen LogP contribution is -2.28. The number of amides is 1. The van der Waals surface area contributed by atoms with Gasteiger partial charge in [0.15, 0.2) is 6.61 Å². The summed E-state index contributed by atoms with van der Waals surface area (Å²) in [6, 6.07) is 11.1. The third-order valence-electron chi connectivity index (χ3n) is 4.49. The Kier molecular flexibility index (Phi) is 7.31. The highest BCUT2D eigenvalue weighted by Crippen LogP contribution is 2.22. The van der Waals surface area contributed by atoms with Gasteiger partial charge in [0.05, 0.1) is 0 Å². The van der Waals surface area contributed by atoms with Crippen molar-refractivity contribution in [3.05, 3.63) is 69.0 Å². The maximum Gasteiger partial charge on any atom is 0.349 e. The second-order valence-electron chi connectivity index (χ2n) is 6.93. The molecule has 1 amide bonds. The molecule has 0 spiro atoms. The lowest BCUT2D eigenvalue weighted by Gasteiger charge is -2.09. The third kappa shape index (κ3) is 5.86. The fourth-order valence-corrected chi connectivity index (χ4v) is 2.91. The van der Waals surface area contributed by atoms with Gasteiger partial charge in [-0.3, -0.25) is 4.79 Å². The number of aryl methyl sites for hydroxylation is 1. The first-order chi connectivity index (χ1) is 14.9. The van der Waals surface area contributed by atoms with Crippen molar-refractivity contribution in [1.82, 2.24) is 5.32 Å². The number of halogens is 1. The molecule has 1 N–H and O–H groups in total. The van der Waals surface area contributed by atoms with Crippen LogP contribution in [-0.2, 0) is 4.79 Å². The molecule has 0 saturated carbocycles. The Morgan fingerprint density at radius 3 is 2.61 bits per heavy atom. The minimum Gasteiger partial charge on any atom is -0.482 e. The summed E-state index contributed by atoms with van der Waals surface area (Å²) in [5.41, 5.74) is 0.205. The van der Waals surface area contributed by atoms with Crippen molar-refractivity contribution in [3.8, 4) is 11.5 Å². The Morgan fingerprint density at radius 1 is 1.10 bits per heavy atom. The summed E-state index contributed by atoms with van der Waals surface area (Å²) in [5.74, 6) is -0.416. The van der Waals surface area contributed by atoms with Crippen molar-refractivity contribution >= 4 is 34.4 Å². The molecule has 2 aromatic carbocycles. The van der Waals surface area contributed by atoms with E-state index in [0.29, 0.717) is 22.7 Å². The zero-order chi connectivity index (χ0) is 22.4. The highest BCUT2D eigenvalue weighted by Gasteiger charge is 2.14. The van der Waals surface area contributed by atoms with Crippen molar-refractivity contribution in [2.24, 2.45) is 0 Å². The number of hydrogen-bond acceptors (Lipinski definition) is 6. The van der Waals surface area contributed by atoms with Crippen molar-refractivity contribution in [3.63, 3.8) is 0 Å². The van der Waals surface area contributed by atoms with Gasteiger partial charge in [-0.15, -0.1) is 0 Å². The molecule has 0 bridgehead atoms. The summed E-state index contributed by atoms with van der Waals surface area (Å²) < 4.78 is 15.9.